The third-order valence-corrected chi connectivity index (χ3v) is 7.02. The van der Waals surface area contributed by atoms with E-state index in [9.17, 15) is 21.2 Å². The first-order valence-electron chi connectivity index (χ1n) is 8.63. The summed E-state index contributed by atoms with van der Waals surface area (Å²) in [6.45, 7) is 1.53. The van der Waals surface area contributed by atoms with E-state index in [1.54, 1.807) is 24.3 Å². The van der Waals surface area contributed by atoms with E-state index in [1.807, 2.05) is 0 Å². The molecule has 1 heterocycles. The highest BCUT2D eigenvalue weighted by atomic mass is 35.5. The fourth-order valence-electron chi connectivity index (χ4n) is 2.92. The average Bonchev–Trinajstić information content (AvgIpc) is 3.10. The molecule has 0 saturated heterocycles. The molecular weight excluding hydrogens is 441 g/mol. The summed E-state index contributed by atoms with van der Waals surface area (Å²) < 4.78 is 64.7. The van der Waals surface area contributed by atoms with Crippen molar-refractivity contribution in [3.05, 3.63) is 64.4 Å². The van der Waals surface area contributed by atoms with Crippen LogP contribution in [0.1, 0.15) is 30.5 Å². The third kappa shape index (κ3) is 4.88. The molecule has 1 aliphatic rings. The Balaban J connectivity index is 1.91. The van der Waals surface area contributed by atoms with Crippen LogP contribution in [0.3, 0.4) is 0 Å². The van der Waals surface area contributed by atoms with Crippen LogP contribution in [0.15, 0.2) is 47.6 Å². The number of hydrogen-bond donors (Lipinski definition) is 1. The molecule has 156 valence electrons. The monoisotopic (exact) mass is 459 g/mol. The molecule has 0 spiro atoms. The van der Waals surface area contributed by atoms with Gasteiger partial charge in [-0.05, 0) is 42.3 Å². The van der Waals surface area contributed by atoms with Crippen LogP contribution in [-0.2, 0) is 20.0 Å². The molecule has 0 aromatic heterocycles. The molecule has 7 nitrogen and oxygen atoms in total. The molecule has 0 saturated carbocycles. The number of rotatable bonds is 6. The standard InChI is InChI=1S/C18H19ClFN3O4S2/c1-3-29(26,27)22-14-7-4-12(5-8-14)17-11-18(23(21-17)28(2,24)25)13-6-9-16(20)15(19)10-13/h4-10,18,22H,3,11H2,1-2H3/t18-/m0/s1. The first-order valence-corrected chi connectivity index (χ1v) is 12.5. The number of hydrazone groups is 1. The van der Waals surface area contributed by atoms with Gasteiger partial charge in [0.05, 0.1) is 28.8 Å². The summed E-state index contributed by atoms with van der Waals surface area (Å²) in [6.07, 6.45) is 1.30. The van der Waals surface area contributed by atoms with E-state index in [4.69, 9.17) is 11.6 Å². The highest BCUT2D eigenvalue weighted by molar-refractivity contribution is 7.92. The van der Waals surface area contributed by atoms with Gasteiger partial charge in [-0.25, -0.2) is 21.2 Å². The van der Waals surface area contributed by atoms with Crippen LogP contribution in [0, 0.1) is 5.82 Å². The first kappa shape index (κ1) is 21.5. The molecule has 1 atom stereocenters. The van der Waals surface area contributed by atoms with Gasteiger partial charge < -0.3 is 0 Å². The maximum Gasteiger partial charge on any atom is 0.247 e. The Labute approximate surface area is 174 Å². The molecule has 29 heavy (non-hydrogen) atoms. The zero-order valence-corrected chi connectivity index (χ0v) is 18.0. The van der Waals surface area contributed by atoms with Crippen molar-refractivity contribution < 1.29 is 21.2 Å². The first-order chi connectivity index (χ1) is 13.5. The van der Waals surface area contributed by atoms with Gasteiger partial charge in [0, 0.05) is 12.1 Å². The lowest BCUT2D eigenvalue weighted by molar-refractivity contribution is 0.374. The molecule has 1 N–H and O–H groups in total. The number of nitrogens with zero attached hydrogens (tertiary/aromatic N) is 2. The van der Waals surface area contributed by atoms with Gasteiger partial charge in [-0.3, -0.25) is 4.72 Å². The predicted octanol–water partition coefficient (Wildman–Crippen LogP) is 3.35. The smallest absolute Gasteiger partial charge is 0.247 e. The largest absolute Gasteiger partial charge is 0.284 e. The molecule has 1 aliphatic heterocycles. The van der Waals surface area contributed by atoms with Crippen molar-refractivity contribution >= 4 is 43.0 Å². The highest BCUT2D eigenvalue weighted by Crippen LogP contribution is 2.36. The molecule has 0 radical (unpaired) electrons. The molecule has 11 heteroatoms. The Hall–Kier alpha value is -2.17. The molecule has 2 aromatic rings. The fraction of sp³-hybridized carbons (Fsp3) is 0.278. The predicted molar refractivity (Wildman–Crippen MR) is 112 cm³/mol. The number of hydrogen-bond acceptors (Lipinski definition) is 5. The maximum atomic E-state index is 13.5. The Morgan fingerprint density at radius 3 is 2.38 bits per heavy atom. The highest BCUT2D eigenvalue weighted by Gasteiger charge is 2.34. The second-order valence-electron chi connectivity index (χ2n) is 6.56. The third-order valence-electron chi connectivity index (χ3n) is 4.41. The van der Waals surface area contributed by atoms with Gasteiger partial charge in [0.1, 0.15) is 5.82 Å². The Morgan fingerprint density at radius 1 is 1.17 bits per heavy atom. The number of anilines is 1. The van der Waals surface area contributed by atoms with Crippen LogP contribution in [0.25, 0.3) is 0 Å². The Morgan fingerprint density at radius 2 is 1.83 bits per heavy atom. The van der Waals surface area contributed by atoms with Gasteiger partial charge in [-0.15, -0.1) is 0 Å². The zero-order chi connectivity index (χ0) is 21.4. The minimum absolute atomic E-state index is 0.0489. The summed E-state index contributed by atoms with van der Waals surface area (Å²) in [4.78, 5) is 0. The molecule has 0 bridgehead atoms. The van der Waals surface area contributed by atoms with Crippen LogP contribution in [0.5, 0.6) is 0 Å². The topological polar surface area (TPSA) is 95.9 Å². The number of halogens is 2. The van der Waals surface area contributed by atoms with Gasteiger partial charge >= 0.3 is 0 Å². The average molecular weight is 460 g/mol. The van der Waals surface area contributed by atoms with Gasteiger partial charge in [-0.1, -0.05) is 29.8 Å². The van der Waals surface area contributed by atoms with E-state index in [2.05, 4.69) is 9.82 Å². The molecule has 2 aromatic carbocycles. The van der Waals surface area contributed by atoms with Crippen LogP contribution in [0.4, 0.5) is 10.1 Å². The van der Waals surface area contributed by atoms with E-state index in [0.717, 1.165) is 10.7 Å². The minimum atomic E-state index is -3.68. The van der Waals surface area contributed by atoms with Gasteiger partial charge in [0.2, 0.25) is 20.0 Å². The summed E-state index contributed by atoms with van der Waals surface area (Å²) >= 11 is 5.85. The quantitative estimate of drug-likeness (QED) is 0.716. The van der Waals surface area contributed by atoms with Crippen LogP contribution >= 0.6 is 11.6 Å². The summed E-state index contributed by atoms with van der Waals surface area (Å²) in [5.41, 5.74) is 2.07. The lowest BCUT2D eigenvalue weighted by Gasteiger charge is -2.21. The summed E-state index contributed by atoms with van der Waals surface area (Å²) in [5.74, 6) is -0.641. The van der Waals surface area contributed by atoms with E-state index >= 15 is 0 Å². The van der Waals surface area contributed by atoms with Gasteiger partial charge in [0.15, 0.2) is 0 Å². The molecule has 0 aliphatic carbocycles. The van der Waals surface area contributed by atoms with Crippen molar-refractivity contribution in [2.45, 2.75) is 19.4 Å². The van der Waals surface area contributed by atoms with E-state index in [1.165, 1.54) is 25.1 Å². The number of benzene rings is 2. The maximum absolute atomic E-state index is 13.5. The summed E-state index contributed by atoms with van der Waals surface area (Å²) in [5, 5.41) is 4.15. The second kappa shape index (κ2) is 7.92. The minimum Gasteiger partial charge on any atom is -0.284 e. The van der Waals surface area contributed by atoms with E-state index < -0.39 is 31.9 Å². The van der Waals surface area contributed by atoms with Crippen LogP contribution in [0.2, 0.25) is 5.02 Å². The van der Waals surface area contributed by atoms with Crippen LogP contribution in [-0.4, -0.2) is 39.0 Å². The summed E-state index contributed by atoms with van der Waals surface area (Å²) in [6, 6.07) is 9.88. The van der Waals surface area contributed by atoms with Crippen LogP contribution < -0.4 is 4.72 Å². The van der Waals surface area contributed by atoms with Crippen molar-refractivity contribution in [3.63, 3.8) is 0 Å². The normalized spacial score (nSPS) is 17.3. The van der Waals surface area contributed by atoms with Crippen molar-refractivity contribution in [2.24, 2.45) is 5.10 Å². The summed E-state index contributed by atoms with van der Waals surface area (Å²) in [7, 11) is -7.08. The van der Waals surface area contributed by atoms with Gasteiger partial charge in [-0.2, -0.15) is 9.52 Å². The molecule has 0 unspecified atom stereocenters. The molecule has 3 rings (SSSR count). The van der Waals surface area contributed by atoms with Crippen molar-refractivity contribution in [1.29, 1.82) is 0 Å². The van der Waals surface area contributed by atoms with Crippen molar-refractivity contribution in [3.8, 4) is 0 Å². The zero-order valence-electron chi connectivity index (χ0n) is 15.6. The van der Waals surface area contributed by atoms with E-state index in [0.29, 0.717) is 22.5 Å². The Kier molecular flexibility index (Phi) is 5.88. The lowest BCUT2D eigenvalue weighted by atomic mass is 9.99. The second-order valence-corrected chi connectivity index (χ2v) is 10.8. The van der Waals surface area contributed by atoms with Crippen molar-refractivity contribution in [2.75, 3.05) is 16.7 Å². The molecule has 0 fully saturated rings. The number of nitrogens with one attached hydrogen (secondary N) is 1. The molecular formula is C18H19ClFN3O4S2. The lowest BCUT2D eigenvalue weighted by Crippen LogP contribution is -2.25. The van der Waals surface area contributed by atoms with E-state index in [-0.39, 0.29) is 17.2 Å². The Bertz CT molecular complexity index is 1170. The molecule has 0 amide bonds. The number of sulfonamides is 2. The SMILES string of the molecule is CCS(=O)(=O)Nc1ccc(C2=NN(S(C)(=O)=O)[C@H](c3ccc(F)c(Cl)c3)C2)cc1. The fourth-order valence-corrected chi connectivity index (χ4v) is 4.65. The van der Waals surface area contributed by atoms with Crippen molar-refractivity contribution in [1.82, 2.24) is 4.41 Å². The van der Waals surface area contributed by atoms with Gasteiger partial charge in [0.25, 0.3) is 0 Å².